The van der Waals surface area contributed by atoms with Crippen LogP contribution in [0.4, 0.5) is 14.9 Å². The molecule has 6 nitrogen and oxygen atoms in total. The summed E-state index contributed by atoms with van der Waals surface area (Å²) in [6.07, 6.45) is 0.894. The molecular formula is C15H19FN2O4. The van der Waals surface area contributed by atoms with Crippen molar-refractivity contribution in [2.45, 2.75) is 12.8 Å². The molecule has 0 aliphatic carbocycles. The smallest absolute Gasteiger partial charge is 0.321 e. The highest BCUT2D eigenvalue weighted by Crippen LogP contribution is 2.25. The summed E-state index contributed by atoms with van der Waals surface area (Å²) in [4.78, 5) is 24.7. The second kappa shape index (κ2) is 7.63. The third-order valence-corrected chi connectivity index (χ3v) is 3.59. The topological polar surface area (TPSA) is 78.9 Å². The van der Waals surface area contributed by atoms with Crippen LogP contribution in [0.1, 0.15) is 12.8 Å². The lowest BCUT2D eigenvalue weighted by Gasteiger charge is -2.30. The van der Waals surface area contributed by atoms with E-state index in [1.165, 1.54) is 0 Å². The van der Waals surface area contributed by atoms with Gasteiger partial charge in [0.15, 0.2) is 0 Å². The fourth-order valence-corrected chi connectivity index (χ4v) is 2.37. The van der Waals surface area contributed by atoms with Gasteiger partial charge in [0.25, 0.3) is 0 Å². The molecule has 120 valence electrons. The lowest BCUT2D eigenvalue weighted by molar-refractivity contribution is -0.143. The molecule has 0 aromatic heterocycles. The van der Waals surface area contributed by atoms with Crippen LogP contribution in [0.25, 0.3) is 0 Å². The van der Waals surface area contributed by atoms with Gasteiger partial charge in [-0.05, 0) is 25.0 Å². The van der Waals surface area contributed by atoms with E-state index in [1.54, 1.807) is 29.2 Å². The molecular weight excluding hydrogens is 291 g/mol. The van der Waals surface area contributed by atoms with Gasteiger partial charge in [0.1, 0.15) is 19.0 Å². The first-order chi connectivity index (χ1) is 10.6. The number of carbonyl (C=O) groups excluding carboxylic acids is 1. The third-order valence-electron chi connectivity index (χ3n) is 3.59. The molecule has 0 bridgehead atoms. The van der Waals surface area contributed by atoms with Crippen molar-refractivity contribution in [3.63, 3.8) is 0 Å². The van der Waals surface area contributed by atoms with Gasteiger partial charge in [-0.25, -0.2) is 9.18 Å². The van der Waals surface area contributed by atoms with Crippen molar-refractivity contribution in [3.8, 4) is 5.75 Å². The molecule has 1 aliphatic heterocycles. The predicted octanol–water partition coefficient (Wildman–Crippen LogP) is 2.36. The van der Waals surface area contributed by atoms with Gasteiger partial charge >= 0.3 is 12.0 Å². The number of para-hydroxylation sites is 2. The molecule has 2 amide bonds. The van der Waals surface area contributed by atoms with Crippen molar-refractivity contribution >= 4 is 17.7 Å². The number of benzene rings is 1. The van der Waals surface area contributed by atoms with Crippen molar-refractivity contribution in [3.05, 3.63) is 24.3 Å². The number of carbonyl (C=O) groups is 2. The Morgan fingerprint density at radius 3 is 2.64 bits per heavy atom. The number of carboxylic acid groups (broad SMARTS) is 1. The second-order valence-corrected chi connectivity index (χ2v) is 5.06. The number of halogens is 1. The number of ether oxygens (including phenoxy) is 1. The van der Waals surface area contributed by atoms with Crippen LogP contribution < -0.4 is 10.1 Å². The lowest BCUT2D eigenvalue weighted by Crippen LogP contribution is -2.42. The minimum Gasteiger partial charge on any atom is -0.489 e. The highest BCUT2D eigenvalue weighted by molar-refractivity contribution is 5.91. The number of nitrogens with zero attached hydrogens (tertiary/aromatic N) is 1. The number of urea groups is 1. The Hall–Kier alpha value is -2.31. The highest BCUT2D eigenvalue weighted by Gasteiger charge is 2.27. The summed E-state index contributed by atoms with van der Waals surface area (Å²) >= 11 is 0. The van der Waals surface area contributed by atoms with Crippen LogP contribution in [-0.2, 0) is 4.79 Å². The van der Waals surface area contributed by atoms with Gasteiger partial charge in [0.05, 0.1) is 11.6 Å². The Balaban J connectivity index is 1.94. The molecule has 22 heavy (non-hydrogen) atoms. The first-order valence-electron chi connectivity index (χ1n) is 7.18. The molecule has 1 aromatic carbocycles. The summed E-state index contributed by atoms with van der Waals surface area (Å²) in [5.41, 5.74) is 0.473. The van der Waals surface area contributed by atoms with Gasteiger partial charge < -0.3 is 20.1 Å². The van der Waals surface area contributed by atoms with Crippen LogP contribution in [0.15, 0.2) is 24.3 Å². The van der Waals surface area contributed by atoms with E-state index in [2.05, 4.69) is 5.32 Å². The Bertz CT molecular complexity index is 530. The predicted molar refractivity (Wildman–Crippen MR) is 78.9 cm³/mol. The molecule has 0 saturated carbocycles. The largest absolute Gasteiger partial charge is 0.489 e. The number of aliphatic carboxylic acids is 1. The zero-order chi connectivity index (χ0) is 15.9. The standard InChI is InChI=1S/C15H19FN2O4/c16-7-10-22-13-4-2-1-3-12(13)17-15(21)18-8-5-11(6-9-18)14(19)20/h1-4,11H,5-10H2,(H,17,21)(H,19,20). The second-order valence-electron chi connectivity index (χ2n) is 5.06. The first kappa shape index (κ1) is 16.1. The Morgan fingerprint density at radius 1 is 1.32 bits per heavy atom. The molecule has 0 unspecified atom stereocenters. The number of anilines is 1. The summed E-state index contributed by atoms with van der Waals surface area (Å²) in [6, 6.07) is 6.51. The fourth-order valence-electron chi connectivity index (χ4n) is 2.37. The van der Waals surface area contributed by atoms with Gasteiger partial charge in [-0.1, -0.05) is 12.1 Å². The maximum absolute atomic E-state index is 12.2. The van der Waals surface area contributed by atoms with Crippen LogP contribution in [0.3, 0.4) is 0 Å². The number of likely N-dealkylation sites (tertiary alicyclic amines) is 1. The van der Waals surface area contributed by atoms with Gasteiger partial charge in [-0.3, -0.25) is 4.79 Å². The Morgan fingerprint density at radius 2 is 2.00 bits per heavy atom. The van der Waals surface area contributed by atoms with E-state index in [4.69, 9.17) is 9.84 Å². The van der Waals surface area contributed by atoms with Gasteiger partial charge in [-0.2, -0.15) is 0 Å². The number of piperidine rings is 1. The Kier molecular flexibility index (Phi) is 5.57. The molecule has 1 saturated heterocycles. The van der Waals surface area contributed by atoms with E-state index in [0.29, 0.717) is 37.4 Å². The van der Waals surface area contributed by atoms with E-state index < -0.39 is 12.6 Å². The van der Waals surface area contributed by atoms with Crippen LogP contribution in [0.2, 0.25) is 0 Å². The number of alkyl halides is 1. The average molecular weight is 310 g/mol. The molecule has 2 rings (SSSR count). The van der Waals surface area contributed by atoms with Crippen LogP contribution in [-0.4, -0.2) is 48.4 Å². The summed E-state index contributed by atoms with van der Waals surface area (Å²) in [6.45, 7) is 0.120. The number of nitrogens with one attached hydrogen (secondary N) is 1. The molecule has 1 aromatic rings. The number of hydrogen-bond acceptors (Lipinski definition) is 3. The van der Waals surface area contributed by atoms with E-state index in [0.717, 1.165) is 0 Å². The highest BCUT2D eigenvalue weighted by atomic mass is 19.1. The molecule has 7 heteroatoms. The Labute approximate surface area is 127 Å². The monoisotopic (exact) mass is 310 g/mol. The normalized spacial score (nSPS) is 15.4. The van der Waals surface area contributed by atoms with Crippen LogP contribution >= 0.6 is 0 Å². The summed E-state index contributed by atoms with van der Waals surface area (Å²) in [5.74, 6) is -0.789. The van der Waals surface area contributed by atoms with E-state index in [9.17, 15) is 14.0 Å². The number of carboxylic acids is 1. The SMILES string of the molecule is O=C(O)C1CCN(C(=O)Nc2ccccc2OCCF)CC1. The summed E-state index contributed by atoms with van der Waals surface area (Å²) in [7, 11) is 0. The maximum Gasteiger partial charge on any atom is 0.321 e. The molecule has 0 spiro atoms. The number of rotatable bonds is 5. The van der Waals surface area contributed by atoms with Crippen molar-refractivity contribution < 1.29 is 23.8 Å². The van der Waals surface area contributed by atoms with Gasteiger partial charge in [-0.15, -0.1) is 0 Å². The molecule has 0 radical (unpaired) electrons. The first-order valence-corrected chi connectivity index (χ1v) is 7.18. The van der Waals surface area contributed by atoms with Crippen LogP contribution in [0, 0.1) is 5.92 Å². The number of amides is 2. The zero-order valence-corrected chi connectivity index (χ0v) is 12.1. The summed E-state index contributed by atoms with van der Waals surface area (Å²) in [5, 5.41) is 11.7. The van der Waals surface area contributed by atoms with E-state index in [1.807, 2.05) is 0 Å². The minimum absolute atomic E-state index is 0.0725. The molecule has 1 heterocycles. The van der Waals surface area contributed by atoms with E-state index >= 15 is 0 Å². The van der Waals surface area contributed by atoms with Gasteiger partial charge in [0, 0.05) is 13.1 Å². The quantitative estimate of drug-likeness (QED) is 0.875. The van der Waals surface area contributed by atoms with E-state index in [-0.39, 0.29) is 18.6 Å². The van der Waals surface area contributed by atoms with Crippen molar-refractivity contribution in [1.29, 1.82) is 0 Å². The van der Waals surface area contributed by atoms with Crippen molar-refractivity contribution in [2.24, 2.45) is 5.92 Å². The molecule has 0 atom stereocenters. The molecule has 2 N–H and O–H groups in total. The number of hydrogen-bond donors (Lipinski definition) is 2. The lowest BCUT2D eigenvalue weighted by atomic mass is 9.97. The van der Waals surface area contributed by atoms with Gasteiger partial charge in [0.2, 0.25) is 0 Å². The zero-order valence-electron chi connectivity index (χ0n) is 12.1. The molecule has 1 fully saturated rings. The molecule has 1 aliphatic rings. The minimum atomic E-state index is -0.815. The average Bonchev–Trinajstić information content (AvgIpc) is 2.54. The van der Waals surface area contributed by atoms with Crippen molar-refractivity contribution in [1.82, 2.24) is 4.90 Å². The fraction of sp³-hybridized carbons (Fsp3) is 0.467. The maximum atomic E-state index is 12.2. The van der Waals surface area contributed by atoms with Crippen LogP contribution in [0.5, 0.6) is 5.75 Å². The summed E-state index contributed by atoms with van der Waals surface area (Å²) < 4.78 is 17.4. The van der Waals surface area contributed by atoms with Crippen molar-refractivity contribution in [2.75, 3.05) is 31.7 Å². The third kappa shape index (κ3) is 4.09.